The second-order valence-corrected chi connectivity index (χ2v) is 8.11. The molecule has 1 aliphatic rings. The van der Waals surface area contributed by atoms with Gasteiger partial charge < -0.3 is 11.1 Å². The number of rotatable bonds is 8. The molecule has 2 amide bonds. The van der Waals surface area contributed by atoms with Gasteiger partial charge in [0.25, 0.3) is 11.8 Å². The van der Waals surface area contributed by atoms with Crippen LogP contribution in [0.5, 0.6) is 0 Å². The molecule has 0 aromatic heterocycles. The van der Waals surface area contributed by atoms with E-state index >= 15 is 0 Å². The molecule has 2 rings (SSSR count). The van der Waals surface area contributed by atoms with Gasteiger partial charge in [-0.15, -0.1) is 0 Å². The Morgan fingerprint density at radius 2 is 2.03 bits per heavy atom. The average Bonchev–Trinajstić information content (AvgIpc) is 2.78. The van der Waals surface area contributed by atoms with E-state index in [9.17, 15) is 14.0 Å². The quantitative estimate of drug-likeness (QED) is 0.505. The fourth-order valence-electron chi connectivity index (χ4n) is 4.04. The molecule has 2 unspecified atom stereocenters. The lowest BCUT2D eigenvalue weighted by Gasteiger charge is -2.43. The van der Waals surface area contributed by atoms with E-state index in [-0.39, 0.29) is 17.8 Å². The Bertz CT molecular complexity index is 1020. The standard InChI is InChI=1S/C26H33FN4O2/c1-6-19(27)13-10-14-21-22(17(5)28)24(29)31(20(7-2)8-3)26(33)23(21)30-25(32)18-12-9-11-16(4)15-18/h6,9-15,20-21,23,29H,1,7-8,28H2,2-5H3,(H,30,32)/b14-10+,19-13+,22-17-,29-24?. The number of hydrogen-bond acceptors (Lipinski definition) is 4. The van der Waals surface area contributed by atoms with Crippen molar-refractivity contribution >= 4 is 17.6 Å². The van der Waals surface area contributed by atoms with Crippen LogP contribution in [0.4, 0.5) is 4.39 Å². The fourth-order valence-corrected chi connectivity index (χ4v) is 4.04. The normalized spacial score (nSPS) is 21.0. The van der Waals surface area contributed by atoms with Crippen LogP contribution >= 0.6 is 0 Å². The Balaban J connectivity index is 2.59. The number of aryl methyl sites for hydroxylation is 1. The van der Waals surface area contributed by atoms with Crippen molar-refractivity contribution in [1.29, 1.82) is 5.41 Å². The average molecular weight is 453 g/mol. The SMILES string of the molecule is C=C/C(F)=C\C=C\C1/C(=C(\C)N)C(=N)N(C(CC)CC)C(=O)C1NC(=O)c1cccc(C)c1. The number of nitrogens with zero attached hydrogens (tertiary/aromatic N) is 1. The molecule has 0 bridgehead atoms. The second-order valence-electron chi connectivity index (χ2n) is 8.11. The Morgan fingerprint density at radius 3 is 2.58 bits per heavy atom. The molecular formula is C26H33FN4O2. The highest BCUT2D eigenvalue weighted by Crippen LogP contribution is 2.31. The molecule has 6 nitrogen and oxygen atoms in total. The van der Waals surface area contributed by atoms with Crippen molar-refractivity contribution in [2.24, 2.45) is 11.7 Å². The molecule has 0 saturated carbocycles. The summed E-state index contributed by atoms with van der Waals surface area (Å²) in [5.74, 6) is -2.06. The van der Waals surface area contributed by atoms with Crippen LogP contribution in [0, 0.1) is 18.3 Å². The number of carbonyl (C=O) groups is 2. The van der Waals surface area contributed by atoms with E-state index in [1.807, 2.05) is 26.8 Å². The molecule has 0 radical (unpaired) electrons. The summed E-state index contributed by atoms with van der Waals surface area (Å²) in [4.78, 5) is 28.1. The number of likely N-dealkylation sites (tertiary alicyclic amines) is 1. The Labute approximate surface area is 195 Å². The second kappa shape index (κ2) is 11.4. The number of allylic oxidation sites excluding steroid dienone is 5. The van der Waals surface area contributed by atoms with E-state index in [0.717, 1.165) is 11.6 Å². The topological polar surface area (TPSA) is 99.3 Å². The lowest BCUT2D eigenvalue weighted by atomic mass is 9.82. The highest BCUT2D eigenvalue weighted by Gasteiger charge is 2.45. The van der Waals surface area contributed by atoms with Gasteiger partial charge in [-0.25, -0.2) is 4.39 Å². The first kappa shape index (κ1) is 25.8. The number of benzene rings is 1. The van der Waals surface area contributed by atoms with E-state index < -0.39 is 23.7 Å². The summed E-state index contributed by atoms with van der Waals surface area (Å²) >= 11 is 0. The molecule has 33 heavy (non-hydrogen) atoms. The van der Waals surface area contributed by atoms with Gasteiger partial charge in [0.05, 0.1) is 0 Å². The predicted molar refractivity (Wildman–Crippen MR) is 130 cm³/mol. The minimum atomic E-state index is -1.00. The molecule has 1 aromatic carbocycles. The van der Waals surface area contributed by atoms with Crippen molar-refractivity contribution in [1.82, 2.24) is 10.2 Å². The van der Waals surface area contributed by atoms with Crippen molar-refractivity contribution in [3.63, 3.8) is 0 Å². The van der Waals surface area contributed by atoms with Gasteiger partial charge in [-0.05, 0) is 51.0 Å². The first-order chi connectivity index (χ1) is 15.7. The summed E-state index contributed by atoms with van der Waals surface area (Å²) in [6, 6.07) is 5.85. The van der Waals surface area contributed by atoms with Crippen molar-refractivity contribution in [2.75, 3.05) is 0 Å². The van der Waals surface area contributed by atoms with Gasteiger partial charge in [0, 0.05) is 28.8 Å². The third-order valence-electron chi connectivity index (χ3n) is 5.76. The van der Waals surface area contributed by atoms with E-state index in [0.29, 0.717) is 29.7 Å². The molecule has 1 heterocycles. The van der Waals surface area contributed by atoms with Gasteiger partial charge in [-0.2, -0.15) is 0 Å². The molecule has 0 spiro atoms. The molecule has 1 saturated heterocycles. The summed E-state index contributed by atoms with van der Waals surface area (Å²) in [5, 5.41) is 11.6. The lowest BCUT2D eigenvalue weighted by Crippen LogP contribution is -2.61. The fraction of sp³-hybridized carbons (Fsp3) is 0.346. The predicted octanol–water partition coefficient (Wildman–Crippen LogP) is 4.55. The zero-order valence-electron chi connectivity index (χ0n) is 19.7. The molecule has 1 aliphatic heterocycles. The number of nitrogens with two attached hydrogens (primary N) is 1. The van der Waals surface area contributed by atoms with Crippen LogP contribution in [0.3, 0.4) is 0 Å². The third-order valence-corrected chi connectivity index (χ3v) is 5.76. The lowest BCUT2D eigenvalue weighted by molar-refractivity contribution is -0.132. The Kier molecular flexibility index (Phi) is 8.91. The van der Waals surface area contributed by atoms with E-state index in [4.69, 9.17) is 11.1 Å². The molecule has 176 valence electrons. The first-order valence-electron chi connectivity index (χ1n) is 11.1. The number of halogens is 1. The smallest absolute Gasteiger partial charge is 0.251 e. The summed E-state index contributed by atoms with van der Waals surface area (Å²) in [6.45, 7) is 10.8. The summed E-state index contributed by atoms with van der Waals surface area (Å²) in [6.07, 6.45) is 6.60. The molecule has 0 aliphatic carbocycles. The van der Waals surface area contributed by atoms with Gasteiger partial charge in [0.15, 0.2) is 0 Å². The number of amidine groups is 1. The van der Waals surface area contributed by atoms with Crippen LogP contribution in [0.25, 0.3) is 0 Å². The molecule has 4 N–H and O–H groups in total. The van der Waals surface area contributed by atoms with Crippen molar-refractivity contribution in [2.45, 2.75) is 52.6 Å². The molecular weight excluding hydrogens is 419 g/mol. The van der Waals surface area contributed by atoms with Gasteiger partial charge >= 0.3 is 0 Å². The van der Waals surface area contributed by atoms with Gasteiger partial charge in [-0.1, -0.05) is 50.3 Å². The zero-order chi connectivity index (χ0) is 24.7. The van der Waals surface area contributed by atoms with Crippen molar-refractivity contribution < 1.29 is 14.0 Å². The molecule has 1 aromatic rings. The Morgan fingerprint density at radius 1 is 1.36 bits per heavy atom. The largest absolute Gasteiger partial charge is 0.402 e. The maximum atomic E-state index is 13.6. The number of carbonyl (C=O) groups excluding carboxylic acids is 2. The summed E-state index contributed by atoms with van der Waals surface area (Å²) in [5.41, 5.74) is 8.30. The van der Waals surface area contributed by atoms with E-state index in [2.05, 4.69) is 11.9 Å². The van der Waals surface area contributed by atoms with Crippen LogP contribution in [0.2, 0.25) is 0 Å². The van der Waals surface area contributed by atoms with Crippen LogP contribution in [0.15, 0.2) is 72.2 Å². The maximum Gasteiger partial charge on any atom is 0.251 e. The van der Waals surface area contributed by atoms with Crippen molar-refractivity contribution in [3.05, 3.63) is 83.4 Å². The van der Waals surface area contributed by atoms with Crippen LogP contribution < -0.4 is 11.1 Å². The molecule has 7 heteroatoms. The van der Waals surface area contributed by atoms with Gasteiger partial charge in [-0.3, -0.25) is 19.9 Å². The number of amides is 2. The maximum absolute atomic E-state index is 13.6. The molecule has 2 atom stereocenters. The minimum absolute atomic E-state index is 0.0116. The van der Waals surface area contributed by atoms with E-state index in [1.165, 1.54) is 17.1 Å². The molecule has 1 fully saturated rings. The number of hydrogen-bond donors (Lipinski definition) is 3. The first-order valence-corrected chi connectivity index (χ1v) is 11.1. The zero-order valence-corrected chi connectivity index (χ0v) is 19.7. The van der Waals surface area contributed by atoms with Crippen molar-refractivity contribution in [3.8, 4) is 0 Å². The van der Waals surface area contributed by atoms with Gasteiger partial charge in [0.2, 0.25) is 0 Å². The highest BCUT2D eigenvalue weighted by molar-refractivity contribution is 6.13. The number of piperidine rings is 1. The Hall–Kier alpha value is -3.48. The van der Waals surface area contributed by atoms with Crippen LogP contribution in [0.1, 0.15) is 49.5 Å². The summed E-state index contributed by atoms with van der Waals surface area (Å²) < 4.78 is 13.6. The van der Waals surface area contributed by atoms with Crippen LogP contribution in [-0.2, 0) is 4.79 Å². The van der Waals surface area contributed by atoms with E-state index in [1.54, 1.807) is 31.2 Å². The highest BCUT2D eigenvalue weighted by atomic mass is 19.1. The van der Waals surface area contributed by atoms with Gasteiger partial charge in [0.1, 0.15) is 17.7 Å². The van der Waals surface area contributed by atoms with Crippen LogP contribution in [-0.4, -0.2) is 34.6 Å². The third kappa shape index (κ3) is 5.86. The monoisotopic (exact) mass is 452 g/mol. The summed E-state index contributed by atoms with van der Waals surface area (Å²) in [7, 11) is 0. The minimum Gasteiger partial charge on any atom is -0.402 e. The number of nitrogens with one attached hydrogen (secondary N) is 2.